The topological polar surface area (TPSA) is 93.1 Å². The van der Waals surface area contributed by atoms with Crippen LogP contribution in [0.25, 0.3) is 10.2 Å². The van der Waals surface area contributed by atoms with Crippen molar-refractivity contribution < 1.29 is 9.59 Å². The Morgan fingerprint density at radius 2 is 2.00 bits per heavy atom. The van der Waals surface area contributed by atoms with Gasteiger partial charge in [0.1, 0.15) is 11.4 Å². The highest BCUT2D eigenvalue weighted by atomic mass is 32.1. The van der Waals surface area contributed by atoms with Crippen LogP contribution in [0.4, 0.5) is 4.79 Å². The summed E-state index contributed by atoms with van der Waals surface area (Å²) in [7, 11) is 0. The summed E-state index contributed by atoms with van der Waals surface area (Å²) in [6.07, 6.45) is 9.82. The highest BCUT2D eigenvalue weighted by molar-refractivity contribution is 7.18. The lowest BCUT2D eigenvalue weighted by molar-refractivity contribution is -0.120. The summed E-state index contributed by atoms with van der Waals surface area (Å²) >= 11 is 1.58. The monoisotopic (exact) mass is 402 g/mol. The van der Waals surface area contributed by atoms with Crippen molar-refractivity contribution in [1.29, 1.82) is 0 Å². The van der Waals surface area contributed by atoms with Crippen molar-refractivity contribution in [2.45, 2.75) is 70.9 Å². The molecular weight excluding hydrogens is 376 g/mol. The molecule has 1 fully saturated rings. The van der Waals surface area contributed by atoms with E-state index in [2.05, 4.69) is 22.5 Å². The van der Waals surface area contributed by atoms with E-state index >= 15 is 0 Å². The van der Waals surface area contributed by atoms with Crippen molar-refractivity contribution in [3.05, 3.63) is 27.1 Å². The molecule has 0 saturated heterocycles. The number of nitrogens with one attached hydrogen (secondary N) is 2. The molecule has 8 heteroatoms. The number of urea groups is 1. The van der Waals surface area contributed by atoms with E-state index in [-0.39, 0.29) is 18.1 Å². The molecule has 4 rings (SSSR count). The number of rotatable bonds is 3. The van der Waals surface area contributed by atoms with Gasteiger partial charge in [-0.3, -0.25) is 19.5 Å². The van der Waals surface area contributed by atoms with Crippen molar-refractivity contribution in [3.63, 3.8) is 0 Å². The fraction of sp³-hybridized carbons (Fsp3) is 0.600. The van der Waals surface area contributed by atoms with Crippen LogP contribution in [0.3, 0.4) is 0 Å². The van der Waals surface area contributed by atoms with E-state index in [1.807, 2.05) is 0 Å². The third kappa shape index (κ3) is 3.83. The second-order valence-corrected chi connectivity index (χ2v) is 9.04. The molecule has 2 atom stereocenters. The van der Waals surface area contributed by atoms with E-state index in [1.54, 1.807) is 11.3 Å². The molecule has 0 unspecified atom stereocenters. The van der Waals surface area contributed by atoms with Crippen LogP contribution in [0.1, 0.15) is 55.9 Å². The Kier molecular flexibility index (Phi) is 5.48. The van der Waals surface area contributed by atoms with E-state index in [1.165, 1.54) is 22.2 Å². The molecule has 1 saturated carbocycles. The van der Waals surface area contributed by atoms with Crippen LogP contribution >= 0.6 is 11.3 Å². The zero-order valence-corrected chi connectivity index (χ0v) is 16.9. The van der Waals surface area contributed by atoms with Gasteiger partial charge in [0.25, 0.3) is 5.56 Å². The maximum atomic E-state index is 12.9. The van der Waals surface area contributed by atoms with E-state index in [9.17, 15) is 14.4 Å². The highest BCUT2D eigenvalue weighted by Gasteiger charge is 2.24. The number of carbonyl (C=O) groups excluding carboxylic acids is 2. The second kappa shape index (κ2) is 8.03. The van der Waals surface area contributed by atoms with Crippen LogP contribution in [0, 0.1) is 5.92 Å². The zero-order chi connectivity index (χ0) is 19.7. The number of fused-ring (bicyclic) bond motifs is 3. The number of hydrogen-bond acceptors (Lipinski definition) is 5. The number of carbonyl (C=O) groups is 2. The van der Waals surface area contributed by atoms with E-state index in [0.717, 1.165) is 55.3 Å². The Morgan fingerprint density at radius 3 is 2.82 bits per heavy atom. The number of thiophene rings is 1. The van der Waals surface area contributed by atoms with Crippen LogP contribution in [0.15, 0.2) is 11.1 Å². The van der Waals surface area contributed by atoms with E-state index in [4.69, 9.17) is 0 Å². The van der Waals surface area contributed by atoms with Crippen LogP contribution < -0.4 is 16.2 Å². The number of aryl methyl sites for hydroxylation is 2. The van der Waals surface area contributed by atoms with Crippen LogP contribution in [-0.2, 0) is 24.2 Å². The third-order valence-electron chi connectivity index (χ3n) is 5.94. The van der Waals surface area contributed by atoms with Crippen LogP contribution in [0.5, 0.6) is 0 Å². The van der Waals surface area contributed by atoms with Crippen LogP contribution in [-0.4, -0.2) is 27.5 Å². The molecule has 2 aliphatic rings. The van der Waals surface area contributed by atoms with Gasteiger partial charge in [-0.15, -0.1) is 11.3 Å². The van der Waals surface area contributed by atoms with Crippen molar-refractivity contribution in [2.75, 3.05) is 0 Å². The SMILES string of the molecule is C[C@@H]1CCCC[C@H]1NC(=O)NC(=O)Cn1cnc2sc3c(c2c1=O)CCCC3. The van der Waals surface area contributed by atoms with Gasteiger partial charge < -0.3 is 5.32 Å². The lowest BCUT2D eigenvalue weighted by Gasteiger charge is -2.29. The molecule has 0 radical (unpaired) electrons. The normalized spacial score (nSPS) is 21.9. The van der Waals surface area contributed by atoms with Gasteiger partial charge in [0, 0.05) is 10.9 Å². The van der Waals surface area contributed by atoms with Gasteiger partial charge in [-0.25, -0.2) is 9.78 Å². The number of amides is 3. The zero-order valence-electron chi connectivity index (χ0n) is 16.1. The van der Waals surface area contributed by atoms with Crippen molar-refractivity contribution in [1.82, 2.24) is 20.2 Å². The smallest absolute Gasteiger partial charge is 0.321 e. The Bertz CT molecular complexity index is 964. The summed E-state index contributed by atoms with van der Waals surface area (Å²) in [6.45, 7) is 1.91. The number of imide groups is 1. The first-order chi connectivity index (χ1) is 13.5. The minimum atomic E-state index is -0.506. The molecule has 0 bridgehead atoms. The maximum absolute atomic E-state index is 12.9. The Morgan fingerprint density at radius 1 is 1.21 bits per heavy atom. The Labute approximate surface area is 167 Å². The standard InChI is InChI=1S/C20H26N4O3S/c1-12-6-2-4-8-14(12)22-20(27)23-16(25)10-24-11-21-18-17(19(24)26)13-7-3-5-9-15(13)28-18/h11-12,14H,2-10H2,1H3,(H2,22,23,25,27)/t12-,14-/m1/s1. The maximum Gasteiger partial charge on any atom is 0.321 e. The molecule has 0 spiro atoms. The summed E-state index contributed by atoms with van der Waals surface area (Å²) in [5.74, 6) is -0.0955. The van der Waals surface area contributed by atoms with Gasteiger partial charge in [-0.05, 0) is 50.0 Å². The molecule has 3 amide bonds. The molecule has 7 nitrogen and oxygen atoms in total. The minimum absolute atomic E-state index is 0.0969. The van der Waals surface area contributed by atoms with Gasteiger partial charge in [-0.2, -0.15) is 0 Å². The molecule has 2 N–H and O–H groups in total. The van der Waals surface area contributed by atoms with Gasteiger partial charge in [0.15, 0.2) is 0 Å². The Hall–Kier alpha value is -2.22. The molecule has 2 aromatic heterocycles. The van der Waals surface area contributed by atoms with Gasteiger partial charge in [0.2, 0.25) is 5.91 Å². The fourth-order valence-electron chi connectivity index (χ4n) is 4.35. The van der Waals surface area contributed by atoms with Gasteiger partial charge >= 0.3 is 6.03 Å². The number of hydrogen-bond donors (Lipinski definition) is 2. The van der Waals surface area contributed by atoms with Crippen LogP contribution in [0.2, 0.25) is 0 Å². The molecule has 150 valence electrons. The summed E-state index contributed by atoms with van der Waals surface area (Å²) < 4.78 is 1.30. The molecule has 2 aromatic rings. The number of nitrogens with zero attached hydrogens (tertiary/aromatic N) is 2. The molecule has 28 heavy (non-hydrogen) atoms. The van der Waals surface area contributed by atoms with Crippen molar-refractivity contribution in [3.8, 4) is 0 Å². The molecular formula is C20H26N4O3S. The minimum Gasteiger partial charge on any atom is -0.335 e. The summed E-state index contributed by atoms with van der Waals surface area (Å²) in [6, 6.07) is -0.390. The fourth-order valence-corrected chi connectivity index (χ4v) is 5.57. The number of aromatic nitrogens is 2. The first kappa shape index (κ1) is 19.1. The summed E-state index contributed by atoms with van der Waals surface area (Å²) in [4.78, 5) is 43.7. The molecule has 2 aliphatic carbocycles. The van der Waals surface area contributed by atoms with Crippen molar-refractivity contribution in [2.24, 2.45) is 5.92 Å². The Balaban J connectivity index is 1.44. The summed E-state index contributed by atoms with van der Waals surface area (Å²) in [5.41, 5.74) is 0.906. The average Bonchev–Trinajstić information content (AvgIpc) is 3.05. The lowest BCUT2D eigenvalue weighted by atomic mass is 9.86. The average molecular weight is 403 g/mol. The first-order valence-corrected chi connectivity index (χ1v) is 10.9. The highest BCUT2D eigenvalue weighted by Crippen LogP contribution is 2.33. The summed E-state index contributed by atoms with van der Waals surface area (Å²) in [5, 5.41) is 5.90. The quantitative estimate of drug-likeness (QED) is 0.826. The van der Waals surface area contributed by atoms with Crippen molar-refractivity contribution >= 4 is 33.5 Å². The van der Waals surface area contributed by atoms with E-state index in [0.29, 0.717) is 11.3 Å². The second-order valence-electron chi connectivity index (χ2n) is 7.96. The van der Waals surface area contributed by atoms with Gasteiger partial charge in [-0.1, -0.05) is 19.8 Å². The lowest BCUT2D eigenvalue weighted by Crippen LogP contribution is -2.48. The third-order valence-corrected chi connectivity index (χ3v) is 7.14. The van der Waals surface area contributed by atoms with E-state index < -0.39 is 11.9 Å². The predicted molar refractivity (Wildman–Crippen MR) is 109 cm³/mol. The first-order valence-electron chi connectivity index (χ1n) is 10.1. The molecule has 0 aromatic carbocycles. The molecule has 0 aliphatic heterocycles. The van der Waals surface area contributed by atoms with Gasteiger partial charge in [0.05, 0.1) is 11.7 Å². The predicted octanol–water partition coefficient (Wildman–Crippen LogP) is 2.74. The molecule has 2 heterocycles. The largest absolute Gasteiger partial charge is 0.335 e.